The monoisotopic (exact) mass is 329 g/mol. The lowest BCUT2D eigenvalue weighted by molar-refractivity contribution is -0.385. The van der Waals surface area contributed by atoms with Crippen LogP contribution in [0.2, 0.25) is 0 Å². The lowest BCUT2D eigenvalue weighted by Gasteiger charge is -2.22. The van der Waals surface area contributed by atoms with Crippen LogP contribution < -0.4 is 0 Å². The van der Waals surface area contributed by atoms with E-state index >= 15 is 0 Å². The van der Waals surface area contributed by atoms with Crippen molar-refractivity contribution in [3.63, 3.8) is 0 Å². The minimum atomic E-state index is -0.458. The number of aromatic nitrogens is 1. The molecule has 0 fully saturated rings. The Bertz CT molecular complexity index is 719. The molecule has 0 aliphatic heterocycles. The Kier molecular flexibility index (Phi) is 5.97. The Hall–Kier alpha value is -2.80. The summed E-state index contributed by atoms with van der Waals surface area (Å²) in [6.45, 7) is 2.76. The van der Waals surface area contributed by atoms with Gasteiger partial charge in [0.1, 0.15) is 0 Å². The molecule has 2 rings (SSSR count). The first-order chi connectivity index (χ1) is 11.5. The number of hydrogen-bond acceptors (Lipinski definition) is 5. The van der Waals surface area contributed by atoms with Crippen molar-refractivity contribution in [3.8, 4) is 0 Å². The molecule has 0 atom stereocenters. The molecule has 126 valence electrons. The van der Waals surface area contributed by atoms with E-state index in [0.717, 1.165) is 5.69 Å². The Morgan fingerprint density at radius 2 is 2.12 bits per heavy atom. The number of pyridine rings is 1. The quantitative estimate of drug-likeness (QED) is 0.576. The molecular formula is C17H19N3O4. The van der Waals surface area contributed by atoms with Crippen molar-refractivity contribution in [2.45, 2.75) is 13.5 Å². The van der Waals surface area contributed by atoms with Gasteiger partial charge in [0.15, 0.2) is 0 Å². The van der Waals surface area contributed by atoms with E-state index in [4.69, 9.17) is 4.74 Å². The molecular weight excluding hydrogens is 310 g/mol. The molecule has 7 heteroatoms. The fraction of sp³-hybridized carbons (Fsp3) is 0.294. The molecule has 24 heavy (non-hydrogen) atoms. The largest absolute Gasteiger partial charge is 0.383 e. The van der Waals surface area contributed by atoms with E-state index in [0.29, 0.717) is 30.8 Å². The van der Waals surface area contributed by atoms with E-state index in [2.05, 4.69) is 4.98 Å². The van der Waals surface area contributed by atoms with Crippen molar-refractivity contribution in [2.75, 3.05) is 20.3 Å². The molecule has 0 unspecified atom stereocenters. The minimum absolute atomic E-state index is 0.000262. The summed E-state index contributed by atoms with van der Waals surface area (Å²) >= 11 is 0. The zero-order chi connectivity index (χ0) is 17.5. The average molecular weight is 329 g/mol. The molecule has 0 radical (unpaired) electrons. The maximum Gasteiger partial charge on any atom is 0.272 e. The molecule has 1 heterocycles. The second-order valence-electron chi connectivity index (χ2n) is 5.30. The van der Waals surface area contributed by atoms with Crippen LogP contribution in [0.3, 0.4) is 0 Å². The zero-order valence-electron chi connectivity index (χ0n) is 13.6. The van der Waals surface area contributed by atoms with Gasteiger partial charge < -0.3 is 9.64 Å². The summed E-state index contributed by atoms with van der Waals surface area (Å²) in [6, 6.07) is 9.89. The summed E-state index contributed by atoms with van der Waals surface area (Å²) in [4.78, 5) is 29.1. The lowest BCUT2D eigenvalue weighted by atomic mass is 10.1. The maximum absolute atomic E-state index is 12.8. The third kappa shape index (κ3) is 4.36. The molecule has 1 aromatic carbocycles. The fourth-order valence-corrected chi connectivity index (χ4v) is 2.32. The van der Waals surface area contributed by atoms with Crippen LogP contribution in [0.5, 0.6) is 0 Å². The summed E-state index contributed by atoms with van der Waals surface area (Å²) in [7, 11) is 1.57. The summed E-state index contributed by atoms with van der Waals surface area (Å²) < 4.78 is 5.07. The Balaban J connectivity index is 2.23. The number of methoxy groups -OCH3 is 1. The molecule has 0 saturated heterocycles. The minimum Gasteiger partial charge on any atom is -0.383 e. The first-order valence-corrected chi connectivity index (χ1v) is 7.46. The SMILES string of the molecule is COCCN(Cc1ccccn1)C(=O)c1ccc([N+](=O)[O-])c(C)c1. The number of aryl methyl sites for hydroxylation is 1. The highest BCUT2D eigenvalue weighted by Gasteiger charge is 2.19. The van der Waals surface area contributed by atoms with Gasteiger partial charge in [-0.3, -0.25) is 19.9 Å². The van der Waals surface area contributed by atoms with Crippen LogP contribution in [0.15, 0.2) is 42.6 Å². The number of hydrogen-bond donors (Lipinski definition) is 0. The molecule has 0 spiro atoms. The van der Waals surface area contributed by atoms with Gasteiger partial charge in [0.25, 0.3) is 11.6 Å². The first kappa shape index (κ1) is 17.6. The van der Waals surface area contributed by atoms with Gasteiger partial charge in [-0.05, 0) is 31.2 Å². The van der Waals surface area contributed by atoms with E-state index in [1.807, 2.05) is 18.2 Å². The van der Waals surface area contributed by atoms with Gasteiger partial charge in [0.05, 0.1) is 23.8 Å². The first-order valence-electron chi connectivity index (χ1n) is 7.46. The van der Waals surface area contributed by atoms with Gasteiger partial charge in [-0.2, -0.15) is 0 Å². The molecule has 1 aromatic heterocycles. The number of nitro groups is 1. The van der Waals surface area contributed by atoms with Crippen molar-refractivity contribution in [1.29, 1.82) is 0 Å². The number of nitro benzene ring substituents is 1. The summed E-state index contributed by atoms with van der Waals surface area (Å²) in [6.07, 6.45) is 1.67. The fourth-order valence-electron chi connectivity index (χ4n) is 2.32. The normalized spacial score (nSPS) is 10.4. The average Bonchev–Trinajstić information content (AvgIpc) is 2.58. The van der Waals surface area contributed by atoms with Gasteiger partial charge in [-0.15, -0.1) is 0 Å². The van der Waals surface area contributed by atoms with Gasteiger partial charge in [0.2, 0.25) is 0 Å². The van der Waals surface area contributed by atoms with E-state index < -0.39 is 4.92 Å². The summed E-state index contributed by atoms with van der Waals surface area (Å²) in [5.41, 5.74) is 1.63. The third-order valence-electron chi connectivity index (χ3n) is 3.57. The molecule has 1 amide bonds. The van der Waals surface area contributed by atoms with Gasteiger partial charge in [0, 0.05) is 37.0 Å². The number of amides is 1. The second-order valence-corrected chi connectivity index (χ2v) is 5.30. The highest BCUT2D eigenvalue weighted by Crippen LogP contribution is 2.20. The van der Waals surface area contributed by atoms with E-state index in [9.17, 15) is 14.9 Å². The molecule has 0 N–H and O–H groups in total. The molecule has 0 saturated carbocycles. The Labute approximate surface area is 140 Å². The van der Waals surface area contributed by atoms with Crippen LogP contribution in [-0.2, 0) is 11.3 Å². The van der Waals surface area contributed by atoms with Crippen molar-refractivity contribution < 1.29 is 14.5 Å². The van der Waals surface area contributed by atoms with Gasteiger partial charge >= 0.3 is 0 Å². The number of carbonyl (C=O) groups is 1. The lowest BCUT2D eigenvalue weighted by Crippen LogP contribution is -2.33. The topological polar surface area (TPSA) is 85.6 Å². The standard InChI is InChI=1S/C17H19N3O4/c1-13-11-14(6-7-16(13)20(22)23)17(21)19(9-10-24-2)12-15-5-3-4-8-18-15/h3-8,11H,9-10,12H2,1-2H3. The van der Waals surface area contributed by atoms with Gasteiger partial charge in [-0.25, -0.2) is 0 Å². The van der Waals surface area contributed by atoms with Gasteiger partial charge in [-0.1, -0.05) is 6.07 Å². The van der Waals surface area contributed by atoms with Crippen molar-refractivity contribution in [1.82, 2.24) is 9.88 Å². The zero-order valence-corrected chi connectivity index (χ0v) is 13.6. The highest BCUT2D eigenvalue weighted by molar-refractivity contribution is 5.94. The Morgan fingerprint density at radius 1 is 1.33 bits per heavy atom. The van der Waals surface area contributed by atoms with Crippen LogP contribution in [0.1, 0.15) is 21.6 Å². The van der Waals surface area contributed by atoms with Crippen LogP contribution >= 0.6 is 0 Å². The molecule has 0 bridgehead atoms. The molecule has 0 aliphatic carbocycles. The van der Waals surface area contributed by atoms with E-state index in [1.165, 1.54) is 12.1 Å². The van der Waals surface area contributed by atoms with Crippen LogP contribution in [-0.4, -0.2) is 41.0 Å². The number of rotatable bonds is 7. The van der Waals surface area contributed by atoms with Crippen molar-refractivity contribution >= 4 is 11.6 Å². The van der Waals surface area contributed by atoms with E-state index in [1.54, 1.807) is 31.2 Å². The highest BCUT2D eigenvalue weighted by atomic mass is 16.6. The predicted octanol–water partition coefficient (Wildman–Crippen LogP) is 2.59. The van der Waals surface area contributed by atoms with Crippen LogP contribution in [0.25, 0.3) is 0 Å². The number of nitrogens with zero attached hydrogens (tertiary/aromatic N) is 3. The van der Waals surface area contributed by atoms with Crippen LogP contribution in [0, 0.1) is 17.0 Å². The number of ether oxygens (including phenoxy) is 1. The predicted molar refractivity (Wildman–Crippen MR) is 88.7 cm³/mol. The Morgan fingerprint density at radius 3 is 2.71 bits per heavy atom. The third-order valence-corrected chi connectivity index (χ3v) is 3.57. The smallest absolute Gasteiger partial charge is 0.272 e. The number of carbonyl (C=O) groups excluding carboxylic acids is 1. The molecule has 7 nitrogen and oxygen atoms in total. The molecule has 0 aliphatic rings. The van der Waals surface area contributed by atoms with Crippen molar-refractivity contribution in [2.24, 2.45) is 0 Å². The van der Waals surface area contributed by atoms with E-state index in [-0.39, 0.29) is 11.6 Å². The summed E-state index contributed by atoms with van der Waals surface area (Å²) in [5, 5.41) is 10.9. The summed E-state index contributed by atoms with van der Waals surface area (Å²) in [5.74, 6) is -0.212. The maximum atomic E-state index is 12.8. The molecule has 2 aromatic rings. The van der Waals surface area contributed by atoms with Crippen LogP contribution in [0.4, 0.5) is 5.69 Å². The van der Waals surface area contributed by atoms with Crippen molar-refractivity contribution in [3.05, 3.63) is 69.5 Å². The second kappa shape index (κ2) is 8.16. The number of benzene rings is 1.